The van der Waals surface area contributed by atoms with Crippen LogP contribution >= 0.6 is 11.3 Å². The SMILES string of the molecule is CC1CCCC=C1c1nc2ccncc2s1. The Hall–Kier alpha value is -1.22. The van der Waals surface area contributed by atoms with Crippen molar-refractivity contribution in [1.29, 1.82) is 0 Å². The molecule has 2 aromatic rings. The number of allylic oxidation sites excluding steroid dienone is 2. The normalized spacial score (nSPS) is 21.1. The first-order chi connectivity index (χ1) is 7.84. The molecule has 2 nitrogen and oxygen atoms in total. The fourth-order valence-corrected chi connectivity index (χ4v) is 3.33. The summed E-state index contributed by atoms with van der Waals surface area (Å²) in [5, 5.41) is 1.19. The molecule has 0 bridgehead atoms. The molecule has 1 unspecified atom stereocenters. The summed E-state index contributed by atoms with van der Waals surface area (Å²) < 4.78 is 1.19. The summed E-state index contributed by atoms with van der Waals surface area (Å²) in [5.41, 5.74) is 2.51. The highest BCUT2D eigenvalue weighted by molar-refractivity contribution is 7.19. The summed E-state index contributed by atoms with van der Waals surface area (Å²) in [4.78, 5) is 8.84. The molecule has 0 saturated heterocycles. The lowest BCUT2D eigenvalue weighted by Gasteiger charge is -2.18. The predicted molar refractivity (Wildman–Crippen MR) is 68.4 cm³/mol. The van der Waals surface area contributed by atoms with Crippen LogP contribution in [0, 0.1) is 5.92 Å². The van der Waals surface area contributed by atoms with E-state index in [9.17, 15) is 0 Å². The van der Waals surface area contributed by atoms with E-state index in [2.05, 4.69) is 18.0 Å². The summed E-state index contributed by atoms with van der Waals surface area (Å²) in [6.07, 6.45) is 9.89. The van der Waals surface area contributed by atoms with Gasteiger partial charge in [-0.05, 0) is 36.8 Å². The molecule has 0 radical (unpaired) electrons. The van der Waals surface area contributed by atoms with Gasteiger partial charge in [0.2, 0.25) is 0 Å². The van der Waals surface area contributed by atoms with Gasteiger partial charge in [0.15, 0.2) is 0 Å². The van der Waals surface area contributed by atoms with Gasteiger partial charge in [-0.3, -0.25) is 4.98 Å². The van der Waals surface area contributed by atoms with Crippen LogP contribution in [-0.4, -0.2) is 9.97 Å². The summed E-state index contributed by atoms with van der Waals surface area (Å²) in [7, 11) is 0. The molecule has 3 rings (SSSR count). The molecule has 0 amide bonds. The molecule has 2 aromatic heterocycles. The van der Waals surface area contributed by atoms with E-state index in [1.807, 2.05) is 18.5 Å². The van der Waals surface area contributed by atoms with Crippen LogP contribution in [-0.2, 0) is 0 Å². The number of fused-ring (bicyclic) bond motifs is 1. The van der Waals surface area contributed by atoms with Crippen LogP contribution in [0.3, 0.4) is 0 Å². The lowest BCUT2D eigenvalue weighted by Crippen LogP contribution is -2.03. The highest BCUT2D eigenvalue weighted by Crippen LogP contribution is 2.35. The average Bonchev–Trinajstić information content (AvgIpc) is 2.73. The van der Waals surface area contributed by atoms with Gasteiger partial charge in [0, 0.05) is 12.4 Å². The van der Waals surface area contributed by atoms with Crippen molar-refractivity contribution in [3.05, 3.63) is 29.5 Å². The van der Waals surface area contributed by atoms with Gasteiger partial charge >= 0.3 is 0 Å². The van der Waals surface area contributed by atoms with Gasteiger partial charge in [0.05, 0.1) is 10.2 Å². The Morgan fingerprint density at radius 2 is 2.38 bits per heavy atom. The Morgan fingerprint density at radius 1 is 1.44 bits per heavy atom. The largest absolute Gasteiger partial charge is 0.263 e. The molecule has 0 N–H and O–H groups in total. The van der Waals surface area contributed by atoms with E-state index in [1.165, 1.54) is 34.5 Å². The third-order valence-electron chi connectivity index (χ3n) is 3.17. The van der Waals surface area contributed by atoms with Gasteiger partial charge in [-0.25, -0.2) is 4.98 Å². The zero-order valence-corrected chi connectivity index (χ0v) is 10.1. The molecule has 0 aromatic carbocycles. The fourth-order valence-electron chi connectivity index (χ4n) is 2.24. The van der Waals surface area contributed by atoms with Crippen molar-refractivity contribution in [2.24, 2.45) is 5.92 Å². The standard InChI is InChI=1S/C13H14N2S/c1-9-4-2-3-5-10(9)13-15-11-6-7-14-8-12(11)16-13/h5-9H,2-4H2,1H3. The van der Waals surface area contributed by atoms with Crippen molar-refractivity contribution >= 4 is 27.1 Å². The number of pyridine rings is 1. The predicted octanol–water partition coefficient (Wildman–Crippen LogP) is 3.89. The van der Waals surface area contributed by atoms with Gasteiger partial charge in [-0.1, -0.05) is 13.0 Å². The second-order valence-corrected chi connectivity index (χ2v) is 5.38. The van der Waals surface area contributed by atoms with Crippen molar-refractivity contribution in [1.82, 2.24) is 9.97 Å². The topological polar surface area (TPSA) is 25.8 Å². The van der Waals surface area contributed by atoms with Crippen LogP contribution in [0.5, 0.6) is 0 Å². The van der Waals surface area contributed by atoms with Gasteiger partial charge in [0.25, 0.3) is 0 Å². The molecule has 0 spiro atoms. The van der Waals surface area contributed by atoms with Crippen molar-refractivity contribution < 1.29 is 0 Å². The Balaban J connectivity index is 2.08. The van der Waals surface area contributed by atoms with E-state index >= 15 is 0 Å². The van der Waals surface area contributed by atoms with Crippen molar-refractivity contribution in [3.8, 4) is 0 Å². The second-order valence-electron chi connectivity index (χ2n) is 4.35. The van der Waals surface area contributed by atoms with Crippen molar-refractivity contribution in [3.63, 3.8) is 0 Å². The molecule has 3 heteroatoms. The first kappa shape index (κ1) is 9.97. The fraction of sp³-hybridized carbons (Fsp3) is 0.385. The molecule has 1 aliphatic carbocycles. The maximum absolute atomic E-state index is 4.70. The van der Waals surface area contributed by atoms with Gasteiger partial charge in [0.1, 0.15) is 5.01 Å². The molecule has 1 aliphatic rings. The van der Waals surface area contributed by atoms with E-state index in [0.29, 0.717) is 5.92 Å². The number of aromatic nitrogens is 2. The third kappa shape index (κ3) is 1.65. The molecule has 0 aliphatic heterocycles. The van der Waals surface area contributed by atoms with Crippen LogP contribution in [0.25, 0.3) is 15.8 Å². The highest BCUT2D eigenvalue weighted by atomic mass is 32.1. The summed E-state index contributed by atoms with van der Waals surface area (Å²) in [6, 6.07) is 1.99. The van der Waals surface area contributed by atoms with E-state index < -0.39 is 0 Å². The molecule has 1 atom stereocenters. The first-order valence-corrected chi connectivity index (χ1v) is 6.57. The average molecular weight is 230 g/mol. The van der Waals surface area contributed by atoms with Gasteiger partial charge < -0.3 is 0 Å². The molecule has 0 saturated carbocycles. The number of hydrogen-bond donors (Lipinski definition) is 0. The van der Waals surface area contributed by atoms with Gasteiger partial charge in [-0.2, -0.15) is 0 Å². The molecule has 82 valence electrons. The lowest BCUT2D eigenvalue weighted by molar-refractivity contribution is 0.601. The number of thiazole rings is 1. The molecule has 2 heterocycles. The number of nitrogens with zero attached hydrogens (tertiary/aromatic N) is 2. The van der Waals surface area contributed by atoms with Crippen LogP contribution in [0.1, 0.15) is 31.2 Å². The molecule has 16 heavy (non-hydrogen) atoms. The van der Waals surface area contributed by atoms with E-state index in [1.54, 1.807) is 11.3 Å². The molecular weight excluding hydrogens is 216 g/mol. The maximum atomic E-state index is 4.70. The lowest BCUT2D eigenvalue weighted by atomic mass is 9.90. The molecular formula is C13H14N2S. The van der Waals surface area contributed by atoms with Crippen LogP contribution in [0.2, 0.25) is 0 Å². The summed E-state index contributed by atoms with van der Waals surface area (Å²) in [5.74, 6) is 0.655. The van der Waals surface area contributed by atoms with E-state index in [4.69, 9.17) is 4.98 Å². The Labute approximate surface area is 99.1 Å². The number of hydrogen-bond acceptors (Lipinski definition) is 3. The quantitative estimate of drug-likeness (QED) is 0.742. The second kappa shape index (κ2) is 3.98. The highest BCUT2D eigenvalue weighted by Gasteiger charge is 2.17. The van der Waals surface area contributed by atoms with E-state index in [-0.39, 0.29) is 0 Å². The smallest absolute Gasteiger partial charge is 0.120 e. The first-order valence-electron chi connectivity index (χ1n) is 5.75. The zero-order valence-electron chi connectivity index (χ0n) is 9.31. The Bertz CT molecular complexity index is 509. The van der Waals surface area contributed by atoms with Crippen molar-refractivity contribution in [2.75, 3.05) is 0 Å². The Kier molecular flexibility index (Phi) is 2.48. The third-order valence-corrected chi connectivity index (χ3v) is 4.23. The zero-order chi connectivity index (χ0) is 11.0. The summed E-state index contributed by atoms with van der Waals surface area (Å²) in [6.45, 7) is 2.30. The Morgan fingerprint density at radius 3 is 3.19 bits per heavy atom. The monoisotopic (exact) mass is 230 g/mol. The van der Waals surface area contributed by atoms with Crippen LogP contribution < -0.4 is 0 Å². The van der Waals surface area contributed by atoms with Crippen molar-refractivity contribution in [2.45, 2.75) is 26.2 Å². The minimum Gasteiger partial charge on any atom is -0.263 e. The summed E-state index contributed by atoms with van der Waals surface area (Å²) >= 11 is 1.77. The molecule has 0 fully saturated rings. The maximum Gasteiger partial charge on any atom is 0.120 e. The number of rotatable bonds is 1. The van der Waals surface area contributed by atoms with Crippen LogP contribution in [0.4, 0.5) is 0 Å². The van der Waals surface area contributed by atoms with Gasteiger partial charge in [-0.15, -0.1) is 11.3 Å². The van der Waals surface area contributed by atoms with Crippen LogP contribution in [0.15, 0.2) is 24.5 Å². The minimum atomic E-state index is 0.655. The minimum absolute atomic E-state index is 0.655. The van der Waals surface area contributed by atoms with E-state index in [0.717, 1.165) is 5.52 Å².